The van der Waals surface area contributed by atoms with Crippen LogP contribution in [0, 0.1) is 0 Å². The zero-order valence-corrected chi connectivity index (χ0v) is 20.2. The van der Waals surface area contributed by atoms with E-state index in [9.17, 15) is 0 Å². The van der Waals surface area contributed by atoms with Gasteiger partial charge in [-0.3, -0.25) is 0 Å². The van der Waals surface area contributed by atoms with Crippen LogP contribution in [0.4, 0.5) is 0 Å². The maximum atomic E-state index is 5.49. The first-order valence-corrected chi connectivity index (χ1v) is 17.8. The normalized spacial score (nSPS) is 11.9. The van der Waals surface area contributed by atoms with Crippen LogP contribution in [0.3, 0.4) is 0 Å². The Hall–Kier alpha value is -0.0613. The number of methoxy groups -OCH3 is 2. The Morgan fingerprint density at radius 2 is 1.20 bits per heavy atom. The first-order valence-electron chi connectivity index (χ1n) is 10.3. The van der Waals surface area contributed by atoms with Crippen LogP contribution in [0.2, 0.25) is 13.3 Å². The van der Waals surface area contributed by atoms with E-state index >= 15 is 0 Å². The predicted octanol–water partition coefficient (Wildman–Crippen LogP) is 6.04. The van der Waals surface area contributed by atoms with Crippen LogP contribution >= 0.6 is 0 Å². The van der Waals surface area contributed by atoms with E-state index in [4.69, 9.17) is 9.47 Å². The van der Waals surface area contributed by atoms with E-state index in [1.54, 1.807) is 17.8 Å². The monoisotopic (exact) mass is 456 g/mol. The van der Waals surface area contributed by atoms with Gasteiger partial charge in [0, 0.05) is 0 Å². The first kappa shape index (κ1) is 23.0. The van der Waals surface area contributed by atoms with Gasteiger partial charge >= 0.3 is 161 Å². The minimum absolute atomic E-state index is 0.681. The minimum atomic E-state index is -2.34. The van der Waals surface area contributed by atoms with Gasteiger partial charge in [-0.1, -0.05) is 0 Å². The molecule has 1 aromatic rings. The average molecular weight is 455 g/mol. The van der Waals surface area contributed by atoms with Crippen LogP contribution in [0.15, 0.2) is 18.2 Å². The average Bonchev–Trinajstić information content (AvgIpc) is 2.63. The Labute approximate surface area is 160 Å². The van der Waals surface area contributed by atoms with E-state index in [0.717, 1.165) is 0 Å². The summed E-state index contributed by atoms with van der Waals surface area (Å²) in [6.45, 7) is 8.40. The third-order valence-corrected chi connectivity index (χ3v) is 21.1. The molecule has 0 heterocycles. The van der Waals surface area contributed by atoms with E-state index < -0.39 is 18.4 Å². The quantitative estimate of drug-likeness (QED) is 0.319. The molecule has 0 aliphatic rings. The van der Waals surface area contributed by atoms with Gasteiger partial charge in [0.2, 0.25) is 0 Å². The van der Waals surface area contributed by atoms with Gasteiger partial charge in [0.05, 0.1) is 0 Å². The summed E-state index contributed by atoms with van der Waals surface area (Å²) >= 11 is -2.34. The second kappa shape index (κ2) is 13.2. The number of hydrogen-bond donors (Lipinski definition) is 0. The Kier molecular flexibility index (Phi) is 12.1. The molecule has 0 radical (unpaired) electrons. The molecule has 144 valence electrons. The molecule has 3 heteroatoms. The van der Waals surface area contributed by atoms with Crippen molar-refractivity contribution < 1.29 is 9.47 Å². The molecule has 0 atom stereocenters. The number of rotatable bonds is 14. The van der Waals surface area contributed by atoms with Gasteiger partial charge in [-0.05, 0) is 0 Å². The van der Waals surface area contributed by atoms with Crippen molar-refractivity contribution in [1.82, 2.24) is 0 Å². The molecular weight excluding hydrogens is 415 g/mol. The number of unbranched alkanes of at least 4 members (excludes halogenated alkanes) is 3. The van der Waals surface area contributed by atoms with Gasteiger partial charge in [0.25, 0.3) is 0 Å². The van der Waals surface area contributed by atoms with Gasteiger partial charge in [-0.15, -0.1) is 0 Å². The molecule has 0 saturated heterocycles. The fourth-order valence-corrected chi connectivity index (χ4v) is 19.9. The third-order valence-electron chi connectivity index (χ3n) is 5.44. The van der Waals surface area contributed by atoms with Crippen molar-refractivity contribution in [2.24, 2.45) is 0 Å². The predicted molar refractivity (Wildman–Crippen MR) is 112 cm³/mol. The summed E-state index contributed by atoms with van der Waals surface area (Å²) in [7, 11) is 3.57. The molecule has 1 rings (SSSR count). The van der Waals surface area contributed by atoms with Crippen LogP contribution in [-0.4, -0.2) is 32.6 Å². The second-order valence-corrected chi connectivity index (χ2v) is 20.7. The topological polar surface area (TPSA) is 18.5 Å². The molecule has 0 aliphatic heterocycles. The van der Waals surface area contributed by atoms with Crippen molar-refractivity contribution in [3.05, 3.63) is 29.3 Å². The molecule has 0 aromatic heterocycles. The zero-order chi connectivity index (χ0) is 18.5. The number of ether oxygens (including phenoxy) is 2. The van der Waals surface area contributed by atoms with Crippen molar-refractivity contribution in [1.29, 1.82) is 0 Å². The van der Waals surface area contributed by atoms with Crippen molar-refractivity contribution in [3.63, 3.8) is 0 Å². The van der Waals surface area contributed by atoms with Gasteiger partial charge < -0.3 is 0 Å². The molecule has 0 amide bonds. The van der Waals surface area contributed by atoms with E-state index in [2.05, 4.69) is 39.0 Å². The van der Waals surface area contributed by atoms with Crippen molar-refractivity contribution in [3.8, 4) is 0 Å². The fraction of sp³-hybridized carbons (Fsp3) is 0.727. The Morgan fingerprint density at radius 1 is 0.720 bits per heavy atom. The van der Waals surface area contributed by atoms with E-state index in [1.165, 1.54) is 63.0 Å². The van der Waals surface area contributed by atoms with Crippen LogP contribution in [0.5, 0.6) is 0 Å². The molecule has 25 heavy (non-hydrogen) atoms. The van der Waals surface area contributed by atoms with Crippen LogP contribution < -0.4 is 3.58 Å². The molecule has 0 N–H and O–H groups in total. The van der Waals surface area contributed by atoms with Gasteiger partial charge in [0.15, 0.2) is 0 Å². The molecule has 0 bridgehead atoms. The Bertz CT molecular complexity index is 451. The molecule has 0 saturated carbocycles. The van der Waals surface area contributed by atoms with Gasteiger partial charge in [0.1, 0.15) is 0 Å². The molecule has 0 aliphatic carbocycles. The zero-order valence-electron chi connectivity index (χ0n) is 17.3. The molecule has 0 spiro atoms. The Morgan fingerprint density at radius 3 is 1.64 bits per heavy atom. The standard InChI is InChI=1S/C10H13O2.3C4H9.Sn/c1-11-7-9-5-3-4-6-10(9)8-12-2;3*1-3-4-2;/h3,5-6H,7-8H2,1-2H3;3*1,3-4H2,2H3;. The summed E-state index contributed by atoms with van der Waals surface area (Å²) in [6, 6.07) is 7.29. The van der Waals surface area contributed by atoms with E-state index in [0.29, 0.717) is 13.2 Å². The van der Waals surface area contributed by atoms with Crippen LogP contribution in [0.25, 0.3) is 0 Å². The summed E-state index contributed by atoms with van der Waals surface area (Å²) in [4.78, 5) is 0. The summed E-state index contributed by atoms with van der Waals surface area (Å²) in [6.07, 6.45) is 8.19. The van der Waals surface area contributed by atoms with Crippen molar-refractivity contribution >= 4 is 22.0 Å². The van der Waals surface area contributed by atoms with Crippen LogP contribution in [-0.2, 0) is 22.7 Å². The van der Waals surface area contributed by atoms with Crippen molar-refractivity contribution in [2.75, 3.05) is 14.2 Å². The first-order chi connectivity index (χ1) is 12.2. The molecule has 2 nitrogen and oxygen atoms in total. The summed E-state index contributed by atoms with van der Waals surface area (Å²) in [5.74, 6) is 0. The van der Waals surface area contributed by atoms with Crippen molar-refractivity contribution in [2.45, 2.75) is 85.8 Å². The fourth-order valence-electron chi connectivity index (χ4n) is 3.90. The summed E-state index contributed by atoms with van der Waals surface area (Å²) < 4.78 is 17.2. The van der Waals surface area contributed by atoms with Gasteiger partial charge in [-0.25, -0.2) is 0 Å². The SMILES string of the molecule is CCC[CH2][Sn]([CH2]CCC)([CH2]CCC)[c]1ccc(COC)c(COC)c1. The van der Waals surface area contributed by atoms with E-state index in [-0.39, 0.29) is 0 Å². The number of hydrogen-bond acceptors (Lipinski definition) is 2. The second-order valence-electron chi connectivity index (χ2n) is 7.44. The molecule has 0 unspecified atom stereocenters. The molecular formula is C22H40O2Sn. The van der Waals surface area contributed by atoms with E-state index in [1.807, 2.05) is 0 Å². The summed E-state index contributed by atoms with van der Waals surface area (Å²) in [5, 5.41) is 0. The van der Waals surface area contributed by atoms with Crippen LogP contribution in [0.1, 0.15) is 70.4 Å². The third kappa shape index (κ3) is 7.22. The van der Waals surface area contributed by atoms with Gasteiger partial charge in [-0.2, -0.15) is 0 Å². The Balaban J connectivity index is 3.26. The molecule has 0 fully saturated rings. The maximum absolute atomic E-state index is 5.49. The number of benzene rings is 1. The molecule has 1 aromatic carbocycles. The summed E-state index contributed by atoms with van der Waals surface area (Å²) in [5.41, 5.74) is 2.63.